The van der Waals surface area contributed by atoms with E-state index in [9.17, 15) is 9.18 Å². The Hall–Kier alpha value is -2.19. The molecule has 0 aromatic heterocycles. The summed E-state index contributed by atoms with van der Waals surface area (Å²) in [4.78, 5) is 14.9. The van der Waals surface area contributed by atoms with Crippen LogP contribution in [0.15, 0.2) is 36.4 Å². The molecule has 158 valence electrons. The van der Waals surface area contributed by atoms with Crippen LogP contribution in [0, 0.1) is 5.82 Å². The second kappa shape index (κ2) is 7.20. The molecule has 0 saturated carbocycles. The van der Waals surface area contributed by atoms with Crippen LogP contribution >= 0.6 is 11.6 Å². The molecule has 2 fully saturated rings. The number of ether oxygens (including phenoxy) is 1. The van der Waals surface area contributed by atoms with Crippen LogP contribution < -0.4 is 16.4 Å². The third kappa shape index (κ3) is 3.56. The van der Waals surface area contributed by atoms with Gasteiger partial charge < -0.3 is 15.8 Å². The minimum absolute atomic E-state index is 0.00482. The zero-order valence-electron chi connectivity index (χ0n) is 16.5. The van der Waals surface area contributed by atoms with Crippen LogP contribution in [0.25, 0.3) is 0 Å². The lowest BCUT2D eigenvalue weighted by atomic mass is 9.78. The fourth-order valence-corrected chi connectivity index (χ4v) is 4.85. The molecule has 1 atom stereocenters. The van der Waals surface area contributed by atoms with Gasteiger partial charge in [-0.2, -0.15) is 0 Å². The Kier molecular flexibility index (Phi) is 4.74. The van der Waals surface area contributed by atoms with E-state index in [1.807, 2.05) is 12.1 Å². The topological polar surface area (TPSA) is 82.9 Å². The van der Waals surface area contributed by atoms with Gasteiger partial charge >= 0.3 is 0 Å². The second-order valence-electron chi connectivity index (χ2n) is 8.46. The van der Waals surface area contributed by atoms with Gasteiger partial charge in [0, 0.05) is 53.6 Å². The normalized spacial score (nSPS) is 25.1. The van der Waals surface area contributed by atoms with Crippen LogP contribution in [-0.2, 0) is 11.3 Å². The van der Waals surface area contributed by atoms with Crippen molar-refractivity contribution < 1.29 is 13.9 Å². The molecule has 0 bridgehead atoms. The Morgan fingerprint density at radius 2 is 2.00 bits per heavy atom. The monoisotopic (exact) mass is 430 g/mol. The molecule has 3 aliphatic heterocycles. The maximum Gasteiger partial charge on any atom is 0.202 e. The summed E-state index contributed by atoms with van der Waals surface area (Å²) in [6.45, 7) is 2.77. The van der Waals surface area contributed by atoms with E-state index in [1.54, 1.807) is 12.1 Å². The molecule has 0 radical (unpaired) electrons. The van der Waals surface area contributed by atoms with Crippen LogP contribution in [0.3, 0.4) is 0 Å². The van der Waals surface area contributed by atoms with Crippen LogP contribution in [-0.4, -0.2) is 41.8 Å². The van der Waals surface area contributed by atoms with Gasteiger partial charge in [-0.05, 0) is 48.7 Å². The van der Waals surface area contributed by atoms with Crippen molar-refractivity contribution >= 4 is 28.8 Å². The van der Waals surface area contributed by atoms with E-state index in [1.165, 1.54) is 12.1 Å². The minimum Gasteiger partial charge on any atom is -0.399 e. The van der Waals surface area contributed by atoms with Crippen LogP contribution in [0.4, 0.5) is 15.8 Å². The smallest absolute Gasteiger partial charge is 0.202 e. The van der Waals surface area contributed by atoms with Crippen molar-refractivity contribution in [3.63, 3.8) is 0 Å². The first-order valence-corrected chi connectivity index (χ1v) is 10.5. The average Bonchev–Trinajstić information content (AvgIpc) is 3.50. The van der Waals surface area contributed by atoms with E-state index in [2.05, 4.69) is 15.5 Å². The van der Waals surface area contributed by atoms with Gasteiger partial charge in [0.15, 0.2) is 5.78 Å². The number of halogens is 2. The summed E-state index contributed by atoms with van der Waals surface area (Å²) < 4.78 is 19.3. The quantitative estimate of drug-likeness (QED) is 0.509. The number of rotatable bonds is 4. The minimum atomic E-state index is -0.480. The number of nitrogens with two attached hydrogens (primary N) is 1. The molecule has 30 heavy (non-hydrogen) atoms. The number of piperidine rings is 1. The molecule has 0 amide bonds. The predicted octanol–water partition coefficient (Wildman–Crippen LogP) is 3.37. The van der Waals surface area contributed by atoms with Crippen molar-refractivity contribution in [1.29, 1.82) is 0 Å². The van der Waals surface area contributed by atoms with Gasteiger partial charge in [-0.15, -0.1) is 0 Å². The molecule has 2 saturated heterocycles. The maximum atomic E-state index is 13.5. The van der Waals surface area contributed by atoms with Gasteiger partial charge in [-0.3, -0.25) is 15.0 Å². The lowest BCUT2D eigenvalue weighted by molar-refractivity contribution is 0.0151. The van der Waals surface area contributed by atoms with Gasteiger partial charge in [0.2, 0.25) is 5.85 Å². The van der Waals surface area contributed by atoms with E-state index in [-0.39, 0.29) is 17.1 Å². The van der Waals surface area contributed by atoms with Crippen LogP contribution in [0.2, 0.25) is 5.02 Å². The molecule has 1 spiro atoms. The highest BCUT2D eigenvalue weighted by molar-refractivity contribution is 6.31. The zero-order chi connectivity index (χ0) is 20.9. The lowest BCUT2D eigenvalue weighted by Gasteiger charge is -2.46. The van der Waals surface area contributed by atoms with Gasteiger partial charge in [-0.25, -0.2) is 4.39 Å². The fourth-order valence-electron chi connectivity index (χ4n) is 4.59. The standard InChI is InChI=1S/C22H24ClFN4O2/c23-18-10-16(25)3-1-14(18)12-26-22(13-30-22)28-7-5-21(6-8-28)11-20(29)17-9-15(24)2-4-19(17)27-21/h1-4,9-10,26-27H,5-8,11-13,25H2/t22-/m1/s1. The Morgan fingerprint density at radius 3 is 2.70 bits per heavy atom. The molecule has 6 nitrogen and oxygen atoms in total. The van der Waals surface area contributed by atoms with E-state index in [0.29, 0.717) is 35.8 Å². The van der Waals surface area contributed by atoms with Gasteiger partial charge in [0.1, 0.15) is 12.4 Å². The van der Waals surface area contributed by atoms with Crippen molar-refractivity contribution in [3.05, 3.63) is 58.4 Å². The maximum absolute atomic E-state index is 13.5. The Balaban J connectivity index is 1.24. The van der Waals surface area contributed by atoms with Crippen molar-refractivity contribution in [3.8, 4) is 0 Å². The van der Waals surface area contributed by atoms with E-state index in [4.69, 9.17) is 22.1 Å². The number of likely N-dealkylation sites (tertiary alicyclic amines) is 1. The average molecular weight is 431 g/mol. The number of hydrogen-bond donors (Lipinski definition) is 3. The number of carbonyl (C=O) groups excluding carboxylic acids is 1. The number of anilines is 2. The highest BCUT2D eigenvalue weighted by atomic mass is 35.5. The summed E-state index contributed by atoms with van der Waals surface area (Å²) in [5, 5.41) is 7.65. The van der Waals surface area contributed by atoms with Gasteiger partial charge in [0.25, 0.3) is 0 Å². The summed E-state index contributed by atoms with van der Waals surface area (Å²) in [7, 11) is 0. The number of nitrogens with one attached hydrogen (secondary N) is 2. The van der Waals surface area contributed by atoms with E-state index < -0.39 is 5.85 Å². The van der Waals surface area contributed by atoms with Crippen LogP contribution in [0.1, 0.15) is 35.2 Å². The second-order valence-corrected chi connectivity index (χ2v) is 8.87. The Labute approximate surface area is 179 Å². The Bertz CT molecular complexity index is 1000. The number of ketones is 1. The summed E-state index contributed by atoms with van der Waals surface area (Å²) in [5.74, 6) is -0.855. The van der Waals surface area contributed by atoms with E-state index in [0.717, 1.165) is 37.2 Å². The molecule has 8 heteroatoms. The molecule has 0 aliphatic carbocycles. The van der Waals surface area contributed by atoms with Crippen molar-refractivity contribution in [2.24, 2.45) is 0 Å². The van der Waals surface area contributed by atoms with Crippen LogP contribution in [0.5, 0.6) is 0 Å². The number of hydrogen-bond acceptors (Lipinski definition) is 6. The highest BCUT2D eigenvalue weighted by Gasteiger charge is 2.53. The molecular formula is C22H24ClFN4O2. The molecule has 5 rings (SSSR count). The highest BCUT2D eigenvalue weighted by Crippen LogP contribution is 2.41. The number of nitrogens with zero attached hydrogens (tertiary/aromatic N) is 1. The third-order valence-corrected chi connectivity index (χ3v) is 6.81. The zero-order valence-corrected chi connectivity index (χ0v) is 17.3. The van der Waals surface area contributed by atoms with Crippen molar-refractivity contribution in [1.82, 2.24) is 10.2 Å². The molecule has 2 aromatic carbocycles. The number of Topliss-reactive ketones (excluding diaryl/α,β-unsaturated/α-hetero) is 1. The molecule has 3 aliphatic rings. The predicted molar refractivity (Wildman–Crippen MR) is 114 cm³/mol. The number of benzene rings is 2. The van der Waals surface area contributed by atoms with Gasteiger partial charge in [0.05, 0.1) is 0 Å². The summed E-state index contributed by atoms with van der Waals surface area (Å²) in [6.07, 6.45) is 2.01. The number of nitrogen functional groups attached to an aromatic ring is 1. The lowest BCUT2D eigenvalue weighted by Crippen LogP contribution is -2.58. The summed E-state index contributed by atoms with van der Waals surface area (Å²) >= 11 is 6.29. The molecular weight excluding hydrogens is 407 g/mol. The fraction of sp³-hybridized carbons (Fsp3) is 0.409. The molecule has 2 aromatic rings. The first-order valence-electron chi connectivity index (χ1n) is 10.2. The third-order valence-electron chi connectivity index (χ3n) is 6.46. The number of carbonyl (C=O) groups is 1. The number of fused-ring (bicyclic) bond motifs is 1. The van der Waals surface area contributed by atoms with Gasteiger partial charge in [-0.1, -0.05) is 17.7 Å². The first-order chi connectivity index (χ1) is 14.4. The Morgan fingerprint density at radius 1 is 1.23 bits per heavy atom. The first kappa shape index (κ1) is 19.8. The van der Waals surface area contributed by atoms with E-state index >= 15 is 0 Å². The van der Waals surface area contributed by atoms with Crippen molar-refractivity contribution in [2.75, 3.05) is 30.7 Å². The molecule has 0 unspecified atom stereocenters. The van der Waals surface area contributed by atoms with Crippen molar-refractivity contribution in [2.45, 2.75) is 37.2 Å². The molecule has 3 heterocycles. The summed E-state index contributed by atoms with van der Waals surface area (Å²) in [6, 6.07) is 9.89. The largest absolute Gasteiger partial charge is 0.399 e. The number of epoxide rings is 1. The molecule has 4 N–H and O–H groups in total. The SMILES string of the molecule is Nc1ccc(CN[C@@]2(N3CCC4(CC3)CC(=O)c3cc(F)ccc3N4)CO2)c(Cl)c1. The summed E-state index contributed by atoms with van der Waals surface area (Å²) in [5.41, 5.74) is 8.28.